The highest BCUT2D eigenvalue weighted by Crippen LogP contribution is 2.30. The van der Waals surface area contributed by atoms with Gasteiger partial charge in [-0.05, 0) is 18.1 Å². The number of rotatable bonds is 6. The van der Waals surface area contributed by atoms with Crippen molar-refractivity contribution in [1.29, 1.82) is 10.5 Å². The molecular weight excluding hydrogens is 304 g/mol. The van der Waals surface area contributed by atoms with Crippen LogP contribution in [-0.2, 0) is 0 Å². The van der Waals surface area contributed by atoms with Gasteiger partial charge in [0, 0.05) is 10.5 Å². The summed E-state index contributed by atoms with van der Waals surface area (Å²) < 4.78 is 0.949. The molecule has 2 atom stereocenters. The topological polar surface area (TPSA) is 76.8 Å². The van der Waals surface area contributed by atoms with Crippen LogP contribution in [0.5, 0.6) is 0 Å². The number of hydrogen-bond acceptors (Lipinski definition) is 4. The van der Waals surface area contributed by atoms with E-state index in [-0.39, 0.29) is 25.2 Å². The standard InChI is InChI=1S/C14H17BrN4/c1-2-13(18)14(19(9-7-16)10-8-17)11-5-3-4-6-12(11)15/h3-6,13-14H,2,9-10,18H2,1H3. The SMILES string of the molecule is CCC(N)C(c1ccccc1Br)N(CC#N)CC#N. The second-order valence-corrected chi connectivity index (χ2v) is 5.11. The van der Waals surface area contributed by atoms with Gasteiger partial charge in [0.15, 0.2) is 0 Å². The van der Waals surface area contributed by atoms with Crippen LogP contribution in [0.3, 0.4) is 0 Å². The van der Waals surface area contributed by atoms with Crippen molar-refractivity contribution in [3.63, 3.8) is 0 Å². The quantitative estimate of drug-likeness (QED) is 0.817. The molecule has 19 heavy (non-hydrogen) atoms. The van der Waals surface area contributed by atoms with Crippen LogP contribution in [0.4, 0.5) is 0 Å². The summed E-state index contributed by atoms with van der Waals surface area (Å²) in [6, 6.07) is 11.7. The van der Waals surface area contributed by atoms with Crippen LogP contribution in [0, 0.1) is 22.7 Å². The zero-order valence-electron chi connectivity index (χ0n) is 10.9. The van der Waals surface area contributed by atoms with Crippen molar-refractivity contribution in [3.8, 4) is 12.1 Å². The summed E-state index contributed by atoms with van der Waals surface area (Å²) in [5, 5.41) is 17.9. The third kappa shape index (κ3) is 4.04. The molecule has 0 aliphatic rings. The number of halogens is 1. The summed E-state index contributed by atoms with van der Waals surface area (Å²) in [7, 11) is 0. The van der Waals surface area contributed by atoms with Gasteiger partial charge in [0.05, 0.1) is 31.3 Å². The van der Waals surface area contributed by atoms with Gasteiger partial charge in [-0.1, -0.05) is 41.1 Å². The first kappa shape index (κ1) is 15.7. The first-order chi connectivity index (χ1) is 9.15. The van der Waals surface area contributed by atoms with E-state index in [4.69, 9.17) is 16.3 Å². The van der Waals surface area contributed by atoms with E-state index in [0.717, 1.165) is 16.5 Å². The number of nitrogens with zero attached hydrogens (tertiary/aromatic N) is 3. The molecule has 0 radical (unpaired) electrons. The molecule has 1 aromatic rings. The van der Waals surface area contributed by atoms with Gasteiger partial charge < -0.3 is 5.73 Å². The van der Waals surface area contributed by atoms with Crippen LogP contribution >= 0.6 is 15.9 Å². The third-order valence-corrected chi connectivity index (χ3v) is 3.76. The van der Waals surface area contributed by atoms with Crippen molar-refractivity contribution < 1.29 is 0 Å². The fraction of sp³-hybridized carbons (Fsp3) is 0.429. The highest BCUT2D eigenvalue weighted by Gasteiger charge is 2.26. The Labute approximate surface area is 122 Å². The molecule has 1 rings (SSSR count). The molecule has 0 aliphatic heterocycles. The molecule has 0 aromatic heterocycles. The highest BCUT2D eigenvalue weighted by molar-refractivity contribution is 9.10. The van der Waals surface area contributed by atoms with Gasteiger partial charge in [-0.15, -0.1) is 0 Å². The Hall–Kier alpha value is -1.40. The van der Waals surface area contributed by atoms with Crippen molar-refractivity contribution in [3.05, 3.63) is 34.3 Å². The molecule has 0 saturated heterocycles. The third-order valence-electron chi connectivity index (χ3n) is 3.04. The Balaban J connectivity index is 3.18. The minimum absolute atomic E-state index is 0.125. The van der Waals surface area contributed by atoms with Gasteiger partial charge in [0.1, 0.15) is 0 Å². The van der Waals surface area contributed by atoms with Crippen molar-refractivity contribution in [2.75, 3.05) is 13.1 Å². The van der Waals surface area contributed by atoms with Crippen molar-refractivity contribution in [1.82, 2.24) is 4.90 Å². The Kier molecular flexibility index (Phi) is 6.52. The van der Waals surface area contributed by atoms with Crippen LogP contribution in [0.15, 0.2) is 28.7 Å². The van der Waals surface area contributed by atoms with Crippen LogP contribution in [0.1, 0.15) is 24.9 Å². The van der Waals surface area contributed by atoms with E-state index in [1.807, 2.05) is 36.1 Å². The molecule has 0 saturated carbocycles. The Morgan fingerprint density at radius 3 is 2.32 bits per heavy atom. The molecule has 0 heterocycles. The van der Waals surface area contributed by atoms with Crippen molar-refractivity contribution in [2.24, 2.45) is 5.73 Å². The average Bonchev–Trinajstić information content (AvgIpc) is 2.41. The summed E-state index contributed by atoms with van der Waals surface area (Å²) in [5.41, 5.74) is 7.21. The first-order valence-electron chi connectivity index (χ1n) is 6.13. The summed E-state index contributed by atoms with van der Waals surface area (Å²) in [6.07, 6.45) is 0.777. The molecule has 4 nitrogen and oxygen atoms in total. The maximum absolute atomic E-state index is 8.93. The van der Waals surface area contributed by atoms with Gasteiger partial charge in [-0.3, -0.25) is 4.90 Å². The predicted molar refractivity (Wildman–Crippen MR) is 77.9 cm³/mol. The minimum atomic E-state index is -0.139. The first-order valence-corrected chi connectivity index (χ1v) is 6.93. The Bertz CT molecular complexity index is 473. The van der Waals surface area contributed by atoms with Gasteiger partial charge in [-0.25, -0.2) is 0 Å². The molecule has 0 fully saturated rings. The molecule has 0 aliphatic carbocycles. The van der Waals surface area contributed by atoms with E-state index in [2.05, 4.69) is 28.1 Å². The van der Waals surface area contributed by atoms with Crippen LogP contribution < -0.4 is 5.73 Å². The molecule has 2 N–H and O–H groups in total. The van der Waals surface area contributed by atoms with Crippen LogP contribution in [-0.4, -0.2) is 24.0 Å². The van der Waals surface area contributed by atoms with Crippen molar-refractivity contribution >= 4 is 15.9 Å². The molecular formula is C14H17BrN4. The Morgan fingerprint density at radius 2 is 1.84 bits per heavy atom. The van der Waals surface area contributed by atoms with Crippen LogP contribution in [0.2, 0.25) is 0 Å². The summed E-state index contributed by atoms with van der Waals surface area (Å²) in [5.74, 6) is 0. The second-order valence-electron chi connectivity index (χ2n) is 4.26. The summed E-state index contributed by atoms with van der Waals surface area (Å²) in [6.45, 7) is 2.38. The van der Waals surface area contributed by atoms with Gasteiger partial charge in [-0.2, -0.15) is 10.5 Å². The predicted octanol–water partition coefficient (Wildman–Crippen LogP) is 2.58. The number of hydrogen-bond donors (Lipinski definition) is 1. The highest BCUT2D eigenvalue weighted by atomic mass is 79.9. The number of benzene rings is 1. The molecule has 2 unspecified atom stereocenters. The Morgan fingerprint density at radius 1 is 1.26 bits per heavy atom. The van der Waals surface area contributed by atoms with E-state index in [0.29, 0.717) is 0 Å². The lowest BCUT2D eigenvalue weighted by molar-refractivity contribution is 0.211. The largest absolute Gasteiger partial charge is 0.326 e. The minimum Gasteiger partial charge on any atom is -0.326 e. The fourth-order valence-corrected chi connectivity index (χ4v) is 2.59. The maximum atomic E-state index is 8.93. The van der Waals surface area contributed by atoms with Crippen molar-refractivity contribution in [2.45, 2.75) is 25.4 Å². The molecule has 100 valence electrons. The van der Waals surface area contributed by atoms with E-state index >= 15 is 0 Å². The maximum Gasteiger partial charge on any atom is 0.0879 e. The fourth-order valence-electron chi connectivity index (χ4n) is 2.07. The molecule has 1 aromatic carbocycles. The zero-order chi connectivity index (χ0) is 14.3. The summed E-state index contributed by atoms with van der Waals surface area (Å²) in [4.78, 5) is 1.81. The number of nitrogens with two attached hydrogens (primary N) is 1. The number of nitriles is 2. The zero-order valence-corrected chi connectivity index (χ0v) is 12.5. The van der Waals surface area contributed by atoms with Gasteiger partial charge in [0.2, 0.25) is 0 Å². The monoisotopic (exact) mass is 320 g/mol. The van der Waals surface area contributed by atoms with Gasteiger partial charge in [0.25, 0.3) is 0 Å². The van der Waals surface area contributed by atoms with E-state index in [1.165, 1.54) is 0 Å². The van der Waals surface area contributed by atoms with E-state index in [9.17, 15) is 0 Å². The molecule has 5 heteroatoms. The lowest BCUT2D eigenvalue weighted by Crippen LogP contribution is -2.41. The average molecular weight is 321 g/mol. The van der Waals surface area contributed by atoms with E-state index in [1.54, 1.807) is 0 Å². The van der Waals surface area contributed by atoms with Crippen LogP contribution in [0.25, 0.3) is 0 Å². The smallest absolute Gasteiger partial charge is 0.0879 e. The summed E-state index contributed by atoms with van der Waals surface area (Å²) >= 11 is 3.52. The lowest BCUT2D eigenvalue weighted by Gasteiger charge is -2.33. The molecule has 0 amide bonds. The normalized spacial score (nSPS) is 13.6. The van der Waals surface area contributed by atoms with E-state index < -0.39 is 0 Å². The molecule has 0 bridgehead atoms. The van der Waals surface area contributed by atoms with Gasteiger partial charge >= 0.3 is 0 Å². The second kappa shape index (κ2) is 7.91. The lowest BCUT2D eigenvalue weighted by atomic mass is 9.96. The molecule has 0 spiro atoms.